The van der Waals surface area contributed by atoms with Gasteiger partial charge in [0, 0.05) is 18.8 Å². The van der Waals surface area contributed by atoms with Crippen LogP contribution in [0.5, 0.6) is 0 Å². The Morgan fingerprint density at radius 3 is 2.47 bits per heavy atom. The summed E-state index contributed by atoms with van der Waals surface area (Å²) in [6.45, 7) is 7.37. The van der Waals surface area contributed by atoms with E-state index in [0.717, 1.165) is 18.8 Å². The molecule has 1 rings (SSSR count). The summed E-state index contributed by atoms with van der Waals surface area (Å²) in [6.07, 6.45) is 1.83. The van der Waals surface area contributed by atoms with Gasteiger partial charge in [-0.3, -0.25) is 0 Å². The molecule has 0 heterocycles. The number of carbonyl (C=O) groups is 1. The molecule has 0 saturated carbocycles. The molecule has 0 fully saturated rings. The van der Waals surface area contributed by atoms with Gasteiger partial charge in [-0.2, -0.15) is 0 Å². The zero-order chi connectivity index (χ0) is 11.3. The minimum atomic E-state index is -0.895. The van der Waals surface area contributed by atoms with E-state index in [1.54, 1.807) is 12.1 Å². The Kier molecular flexibility index (Phi) is 3.92. The number of benzene rings is 1. The summed E-state index contributed by atoms with van der Waals surface area (Å²) in [5.74, 6) is -0.895. The molecule has 0 unspecified atom stereocenters. The lowest BCUT2D eigenvalue weighted by molar-refractivity contribution is 0.0697. The summed E-state index contributed by atoms with van der Waals surface area (Å²) in [5, 5.41) is 8.75. The van der Waals surface area contributed by atoms with Gasteiger partial charge >= 0.3 is 5.97 Å². The van der Waals surface area contributed by atoms with Crippen molar-refractivity contribution in [2.24, 2.45) is 0 Å². The van der Waals surface area contributed by atoms with Crippen molar-refractivity contribution in [2.45, 2.75) is 6.92 Å². The predicted molar refractivity (Wildman–Crippen MR) is 61.5 cm³/mol. The fourth-order valence-corrected chi connectivity index (χ4v) is 1.39. The normalized spacial score (nSPS) is 9.67. The standard InChI is InChI=1S/C12H15NO2/c1-3-9-13(4-2)11-7-5-10(6-8-11)12(14)15/h3,5-8H,1,4,9H2,2H3,(H,14,15). The first-order chi connectivity index (χ1) is 7.19. The molecule has 0 spiro atoms. The first kappa shape index (κ1) is 11.3. The summed E-state index contributed by atoms with van der Waals surface area (Å²) in [6, 6.07) is 6.86. The predicted octanol–water partition coefficient (Wildman–Crippen LogP) is 2.40. The molecule has 0 aliphatic rings. The third kappa shape index (κ3) is 2.84. The van der Waals surface area contributed by atoms with Crippen molar-refractivity contribution in [3.05, 3.63) is 42.5 Å². The van der Waals surface area contributed by atoms with Crippen LogP contribution in [0, 0.1) is 0 Å². The van der Waals surface area contributed by atoms with Crippen LogP contribution >= 0.6 is 0 Å². The molecule has 0 radical (unpaired) electrons. The second-order valence-electron chi connectivity index (χ2n) is 3.18. The van der Waals surface area contributed by atoms with E-state index in [1.807, 2.05) is 18.2 Å². The first-order valence-electron chi connectivity index (χ1n) is 4.88. The van der Waals surface area contributed by atoms with Gasteiger partial charge in [0.1, 0.15) is 0 Å². The van der Waals surface area contributed by atoms with Gasteiger partial charge in [0.2, 0.25) is 0 Å². The number of anilines is 1. The van der Waals surface area contributed by atoms with Crippen LogP contribution in [-0.2, 0) is 0 Å². The van der Waals surface area contributed by atoms with Crippen molar-refractivity contribution >= 4 is 11.7 Å². The van der Waals surface area contributed by atoms with Gasteiger partial charge in [0.25, 0.3) is 0 Å². The largest absolute Gasteiger partial charge is 0.478 e. The van der Waals surface area contributed by atoms with Crippen molar-refractivity contribution in [1.82, 2.24) is 0 Å². The molecule has 1 N–H and O–H groups in total. The molecule has 0 saturated heterocycles. The van der Waals surface area contributed by atoms with E-state index in [1.165, 1.54) is 0 Å². The van der Waals surface area contributed by atoms with Gasteiger partial charge < -0.3 is 10.0 Å². The second-order valence-corrected chi connectivity index (χ2v) is 3.18. The van der Waals surface area contributed by atoms with Crippen molar-refractivity contribution in [3.8, 4) is 0 Å². The summed E-state index contributed by atoms with van der Waals surface area (Å²) in [7, 11) is 0. The van der Waals surface area contributed by atoms with E-state index in [2.05, 4.69) is 18.4 Å². The maximum atomic E-state index is 10.6. The Morgan fingerprint density at radius 1 is 1.47 bits per heavy atom. The number of rotatable bonds is 5. The zero-order valence-corrected chi connectivity index (χ0v) is 8.81. The second kappa shape index (κ2) is 5.20. The quantitative estimate of drug-likeness (QED) is 0.750. The highest BCUT2D eigenvalue weighted by Crippen LogP contribution is 2.14. The molecule has 3 nitrogen and oxygen atoms in total. The lowest BCUT2D eigenvalue weighted by Gasteiger charge is -2.21. The van der Waals surface area contributed by atoms with Crippen LogP contribution in [0.4, 0.5) is 5.69 Å². The van der Waals surface area contributed by atoms with Gasteiger partial charge in [0.15, 0.2) is 0 Å². The smallest absolute Gasteiger partial charge is 0.335 e. The van der Waals surface area contributed by atoms with Crippen molar-refractivity contribution in [1.29, 1.82) is 0 Å². The molecule has 0 aliphatic carbocycles. The zero-order valence-electron chi connectivity index (χ0n) is 8.81. The Bertz CT molecular complexity index is 343. The molecule has 0 aromatic heterocycles. The minimum Gasteiger partial charge on any atom is -0.478 e. The summed E-state index contributed by atoms with van der Waals surface area (Å²) in [4.78, 5) is 12.8. The monoisotopic (exact) mass is 205 g/mol. The number of nitrogens with zero attached hydrogens (tertiary/aromatic N) is 1. The number of hydrogen-bond acceptors (Lipinski definition) is 2. The van der Waals surface area contributed by atoms with Gasteiger partial charge in [-0.1, -0.05) is 6.08 Å². The van der Waals surface area contributed by atoms with Crippen LogP contribution < -0.4 is 4.90 Å². The number of carboxylic acids is 1. The number of carboxylic acid groups (broad SMARTS) is 1. The Hall–Kier alpha value is -1.77. The van der Waals surface area contributed by atoms with Gasteiger partial charge in [-0.05, 0) is 31.2 Å². The molecule has 1 aromatic carbocycles. The van der Waals surface area contributed by atoms with Gasteiger partial charge in [-0.25, -0.2) is 4.79 Å². The highest BCUT2D eigenvalue weighted by Gasteiger charge is 2.04. The van der Waals surface area contributed by atoms with E-state index in [0.29, 0.717) is 5.56 Å². The van der Waals surface area contributed by atoms with E-state index in [9.17, 15) is 4.79 Å². The molecule has 15 heavy (non-hydrogen) atoms. The highest BCUT2D eigenvalue weighted by atomic mass is 16.4. The van der Waals surface area contributed by atoms with Crippen molar-refractivity contribution < 1.29 is 9.90 Å². The summed E-state index contributed by atoms with van der Waals surface area (Å²) >= 11 is 0. The Labute approximate surface area is 89.6 Å². The van der Waals surface area contributed by atoms with E-state index >= 15 is 0 Å². The van der Waals surface area contributed by atoms with E-state index in [4.69, 9.17) is 5.11 Å². The SMILES string of the molecule is C=CCN(CC)c1ccc(C(=O)O)cc1. The topological polar surface area (TPSA) is 40.5 Å². The molecular weight excluding hydrogens is 190 g/mol. The molecule has 0 aliphatic heterocycles. The van der Waals surface area contributed by atoms with Crippen LogP contribution in [0.2, 0.25) is 0 Å². The third-order valence-electron chi connectivity index (χ3n) is 2.21. The van der Waals surface area contributed by atoms with Crippen molar-refractivity contribution in [3.63, 3.8) is 0 Å². The summed E-state index contributed by atoms with van der Waals surface area (Å²) in [5.41, 5.74) is 1.33. The highest BCUT2D eigenvalue weighted by molar-refractivity contribution is 5.88. The lowest BCUT2D eigenvalue weighted by Crippen LogP contribution is -2.22. The van der Waals surface area contributed by atoms with E-state index < -0.39 is 5.97 Å². The number of likely N-dealkylation sites (N-methyl/N-ethyl adjacent to an activating group) is 1. The minimum absolute atomic E-state index is 0.313. The third-order valence-corrected chi connectivity index (χ3v) is 2.21. The van der Waals surface area contributed by atoms with Crippen LogP contribution in [0.25, 0.3) is 0 Å². The molecule has 0 atom stereocenters. The van der Waals surface area contributed by atoms with E-state index in [-0.39, 0.29) is 0 Å². The average molecular weight is 205 g/mol. The van der Waals surface area contributed by atoms with Gasteiger partial charge in [0.05, 0.1) is 5.56 Å². The van der Waals surface area contributed by atoms with Gasteiger partial charge in [-0.15, -0.1) is 6.58 Å². The summed E-state index contributed by atoms with van der Waals surface area (Å²) < 4.78 is 0. The maximum Gasteiger partial charge on any atom is 0.335 e. The molecule has 0 amide bonds. The fraction of sp³-hybridized carbons (Fsp3) is 0.250. The Morgan fingerprint density at radius 2 is 2.07 bits per heavy atom. The van der Waals surface area contributed by atoms with Crippen molar-refractivity contribution in [2.75, 3.05) is 18.0 Å². The number of hydrogen-bond donors (Lipinski definition) is 1. The lowest BCUT2D eigenvalue weighted by atomic mass is 10.2. The van der Waals surface area contributed by atoms with Crippen LogP contribution in [0.3, 0.4) is 0 Å². The molecule has 3 heteroatoms. The fourth-order valence-electron chi connectivity index (χ4n) is 1.39. The molecule has 1 aromatic rings. The molecule has 0 bridgehead atoms. The molecular formula is C12H15NO2. The van der Waals surface area contributed by atoms with Crippen LogP contribution in [-0.4, -0.2) is 24.2 Å². The first-order valence-corrected chi connectivity index (χ1v) is 4.88. The molecule has 80 valence electrons. The van der Waals surface area contributed by atoms with Crippen LogP contribution in [0.1, 0.15) is 17.3 Å². The number of aromatic carboxylic acids is 1. The van der Waals surface area contributed by atoms with Crippen LogP contribution in [0.15, 0.2) is 36.9 Å². The Balaban J connectivity index is 2.86. The average Bonchev–Trinajstić information content (AvgIpc) is 2.26. The maximum absolute atomic E-state index is 10.6.